The number of nitrogens with one attached hydrogen (secondary N) is 1. The van der Waals surface area contributed by atoms with E-state index in [4.69, 9.17) is 0 Å². The predicted octanol–water partition coefficient (Wildman–Crippen LogP) is 2.29. The average Bonchev–Trinajstić information content (AvgIpc) is 3.49. The number of hydrogen-bond acceptors (Lipinski definition) is 4. The molecule has 0 saturated heterocycles. The predicted molar refractivity (Wildman–Crippen MR) is 98.3 cm³/mol. The van der Waals surface area contributed by atoms with Gasteiger partial charge >= 0.3 is 0 Å². The van der Waals surface area contributed by atoms with Crippen molar-refractivity contribution in [3.8, 4) is 5.75 Å². The van der Waals surface area contributed by atoms with E-state index in [-0.39, 0.29) is 17.9 Å². The Bertz CT molecular complexity index is 1020. The van der Waals surface area contributed by atoms with Gasteiger partial charge in [-0.2, -0.15) is 0 Å². The van der Waals surface area contributed by atoms with Gasteiger partial charge in [-0.25, -0.2) is 4.98 Å². The van der Waals surface area contributed by atoms with Crippen molar-refractivity contribution >= 4 is 16.9 Å². The number of aromatic nitrogens is 2. The minimum atomic E-state index is -0.536. The van der Waals surface area contributed by atoms with Crippen molar-refractivity contribution in [3.63, 3.8) is 0 Å². The fraction of sp³-hybridized carbons (Fsp3) is 0.250. The molecule has 1 fully saturated rings. The lowest BCUT2D eigenvalue weighted by Gasteiger charge is -2.14. The van der Waals surface area contributed by atoms with Crippen LogP contribution in [0.4, 0.5) is 0 Å². The molecule has 0 bridgehead atoms. The summed E-state index contributed by atoms with van der Waals surface area (Å²) in [6.07, 6.45) is 3.74. The summed E-state index contributed by atoms with van der Waals surface area (Å²) in [4.78, 5) is 29.8. The summed E-state index contributed by atoms with van der Waals surface area (Å²) in [5.41, 5.74) is 0.516. The summed E-state index contributed by atoms with van der Waals surface area (Å²) in [5, 5.41) is 13.7. The molecule has 2 N–H and O–H groups in total. The number of benzene rings is 1. The minimum absolute atomic E-state index is 0.220. The second-order valence-electron chi connectivity index (χ2n) is 6.63. The molecule has 3 aromatic rings. The number of nitrogens with zero attached hydrogens (tertiary/aromatic N) is 2. The molecule has 0 radical (unpaired) electrons. The van der Waals surface area contributed by atoms with Gasteiger partial charge in [-0.3, -0.25) is 14.2 Å². The Morgan fingerprint density at radius 2 is 1.96 bits per heavy atom. The summed E-state index contributed by atoms with van der Waals surface area (Å²) < 4.78 is 1.44. The van der Waals surface area contributed by atoms with Crippen LogP contribution >= 0.6 is 0 Å². The van der Waals surface area contributed by atoms with Crippen LogP contribution in [0.15, 0.2) is 53.5 Å². The number of fused-ring (bicyclic) bond motifs is 1. The maximum atomic E-state index is 13.0. The van der Waals surface area contributed by atoms with Crippen LogP contribution in [-0.4, -0.2) is 27.1 Å². The molecular formula is C20H19N3O3. The van der Waals surface area contributed by atoms with E-state index in [0.717, 1.165) is 18.4 Å². The lowest BCUT2D eigenvalue weighted by Crippen LogP contribution is -2.34. The van der Waals surface area contributed by atoms with Crippen LogP contribution in [0.1, 0.15) is 28.8 Å². The Morgan fingerprint density at radius 1 is 1.19 bits per heavy atom. The summed E-state index contributed by atoms with van der Waals surface area (Å²) in [5.74, 6) is -0.363. The number of amides is 1. The minimum Gasteiger partial charge on any atom is -0.506 e. The SMILES string of the molecule is O=C(NCC1CC1)c1c(O)c2cccnc2n(Cc2ccccc2)c1=O. The normalized spacial score (nSPS) is 13.7. The molecule has 26 heavy (non-hydrogen) atoms. The van der Waals surface area contributed by atoms with E-state index in [9.17, 15) is 14.7 Å². The zero-order chi connectivity index (χ0) is 18.1. The Hall–Kier alpha value is -3.15. The van der Waals surface area contributed by atoms with Crippen molar-refractivity contribution in [3.05, 3.63) is 70.1 Å². The first-order chi connectivity index (χ1) is 12.6. The van der Waals surface area contributed by atoms with Crippen molar-refractivity contribution < 1.29 is 9.90 Å². The lowest BCUT2D eigenvalue weighted by atomic mass is 10.1. The van der Waals surface area contributed by atoms with Crippen molar-refractivity contribution in [2.75, 3.05) is 6.54 Å². The van der Waals surface area contributed by atoms with E-state index < -0.39 is 11.5 Å². The lowest BCUT2D eigenvalue weighted by molar-refractivity contribution is 0.0947. The molecule has 0 aliphatic heterocycles. The zero-order valence-corrected chi connectivity index (χ0v) is 14.2. The molecule has 1 aliphatic carbocycles. The third kappa shape index (κ3) is 3.06. The van der Waals surface area contributed by atoms with Gasteiger partial charge in [0.2, 0.25) is 0 Å². The molecule has 1 saturated carbocycles. The number of hydrogen-bond donors (Lipinski definition) is 2. The van der Waals surface area contributed by atoms with Gasteiger partial charge in [0.15, 0.2) is 0 Å². The quantitative estimate of drug-likeness (QED) is 0.740. The van der Waals surface area contributed by atoms with Crippen molar-refractivity contribution in [1.29, 1.82) is 0 Å². The first-order valence-electron chi connectivity index (χ1n) is 8.67. The van der Waals surface area contributed by atoms with Crippen LogP contribution in [-0.2, 0) is 6.54 Å². The number of aromatic hydroxyl groups is 1. The second-order valence-corrected chi connectivity index (χ2v) is 6.63. The Morgan fingerprint density at radius 3 is 2.69 bits per heavy atom. The molecule has 1 amide bonds. The van der Waals surface area contributed by atoms with E-state index in [1.165, 1.54) is 4.57 Å². The summed E-state index contributed by atoms with van der Waals surface area (Å²) in [6, 6.07) is 12.8. The van der Waals surface area contributed by atoms with Gasteiger partial charge in [0.1, 0.15) is 17.0 Å². The summed E-state index contributed by atoms with van der Waals surface area (Å²) >= 11 is 0. The van der Waals surface area contributed by atoms with Crippen molar-refractivity contribution in [1.82, 2.24) is 14.9 Å². The van der Waals surface area contributed by atoms with Crippen LogP contribution < -0.4 is 10.9 Å². The number of carbonyl (C=O) groups is 1. The molecule has 6 heteroatoms. The van der Waals surface area contributed by atoms with Crippen LogP contribution in [0.5, 0.6) is 5.75 Å². The van der Waals surface area contributed by atoms with Gasteiger partial charge < -0.3 is 10.4 Å². The Kier molecular flexibility index (Phi) is 4.16. The molecule has 0 unspecified atom stereocenters. The van der Waals surface area contributed by atoms with Crippen LogP contribution in [0.3, 0.4) is 0 Å². The van der Waals surface area contributed by atoms with Gasteiger partial charge in [-0.15, -0.1) is 0 Å². The maximum absolute atomic E-state index is 13.0. The fourth-order valence-corrected chi connectivity index (χ4v) is 3.03. The van der Waals surface area contributed by atoms with Gasteiger partial charge in [-0.05, 0) is 36.5 Å². The molecule has 0 atom stereocenters. The van der Waals surface area contributed by atoms with Gasteiger partial charge in [0, 0.05) is 12.7 Å². The highest BCUT2D eigenvalue weighted by Crippen LogP contribution is 2.28. The molecule has 132 valence electrons. The smallest absolute Gasteiger partial charge is 0.269 e. The molecular weight excluding hydrogens is 330 g/mol. The number of rotatable bonds is 5. The molecule has 1 aromatic carbocycles. The third-order valence-corrected chi connectivity index (χ3v) is 4.65. The first kappa shape index (κ1) is 16.3. The summed E-state index contributed by atoms with van der Waals surface area (Å²) in [7, 11) is 0. The highest BCUT2D eigenvalue weighted by atomic mass is 16.3. The fourth-order valence-electron chi connectivity index (χ4n) is 3.03. The van der Waals surface area contributed by atoms with Crippen LogP contribution in [0, 0.1) is 5.92 Å². The summed E-state index contributed by atoms with van der Waals surface area (Å²) in [6.45, 7) is 0.803. The molecule has 2 aromatic heterocycles. The zero-order valence-electron chi connectivity index (χ0n) is 14.2. The largest absolute Gasteiger partial charge is 0.506 e. The van der Waals surface area contributed by atoms with E-state index in [0.29, 0.717) is 23.5 Å². The maximum Gasteiger partial charge on any atom is 0.269 e. The van der Waals surface area contributed by atoms with E-state index >= 15 is 0 Å². The van der Waals surface area contributed by atoms with Crippen LogP contribution in [0.25, 0.3) is 11.0 Å². The second kappa shape index (κ2) is 6.63. The average molecular weight is 349 g/mol. The molecule has 6 nitrogen and oxygen atoms in total. The topological polar surface area (TPSA) is 84.2 Å². The monoisotopic (exact) mass is 349 g/mol. The van der Waals surface area contributed by atoms with Gasteiger partial charge in [-0.1, -0.05) is 30.3 Å². The highest BCUT2D eigenvalue weighted by Gasteiger charge is 2.26. The number of pyridine rings is 2. The van der Waals surface area contributed by atoms with Crippen molar-refractivity contribution in [2.24, 2.45) is 5.92 Å². The number of carbonyl (C=O) groups excluding carboxylic acids is 1. The van der Waals surface area contributed by atoms with Gasteiger partial charge in [0.25, 0.3) is 11.5 Å². The van der Waals surface area contributed by atoms with E-state index in [2.05, 4.69) is 10.3 Å². The molecule has 2 heterocycles. The standard InChI is InChI=1S/C20H19N3O3/c24-17-15-7-4-10-21-18(15)23(12-14-5-2-1-3-6-14)20(26)16(17)19(25)22-11-13-8-9-13/h1-7,10,13,24H,8-9,11-12H2,(H,22,25). The molecule has 1 aliphatic rings. The highest BCUT2D eigenvalue weighted by molar-refractivity contribution is 6.01. The van der Waals surface area contributed by atoms with Crippen LogP contribution in [0.2, 0.25) is 0 Å². The Balaban J connectivity index is 1.83. The molecule has 0 spiro atoms. The Labute approximate surface area is 150 Å². The van der Waals surface area contributed by atoms with E-state index in [1.54, 1.807) is 18.3 Å². The third-order valence-electron chi connectivity index (χ3n) is 4.65. The van der Waals surface area contributed by atoms with Gasteiger partial charge in [0.05, 0.1) is 11.9 Å². The van der Waals surface area contributed by atoms with Crippen molar-refractivity contribution in [2.45, 2.75) is 19.4 Å². The first-order valence-corrected chi connectivity index (χ1v) is 8.67. The van der Waals surface area contributed by atoms with E-state index in [1.807, 2.05) is 30.3 Å². The molecule has 4 rings (SSSR count).